The third-order valence-electron chi connectivity index (χ3n) is 9.37. The molecular formula is C40H49N5O7. The standard InChI is InChI=1S/C40H49N5O7/c1-24(2)17-19-45-23-42-31-15-12-27(21-30(31)40(45)49)44-36(48)10-8-7-9-18-41-33-16-13-28-29(22-34(33)47)32(43-25(3)46)14-11-26-20-35(50-4)38(51-5)39(52-6)37(26)28/h12-13,15-16,20-24,32H,7-11,14,17-19H2,1-6H3,(H,41,47)(H,43,46)(H,44,48)/t32-/m0/s1. The topological polar surface area (TPSA) is 150 Å². The van der Waals surface area contributed by atoms with Crippen LogP contribution >= 0.6 is 0 Å². The summed E-state index contributed by atoms with van der Waals surface area (Å²) in [5.74, 6) is 1.63. The van der Waals surface area contributed by atoms with Gasteiger partial charge in [-0.2, -0.15) is 0 Å². The van der Waals surface area contributed by atoms with Crippen molar-refractivity contribution in [1.82, 2.24) is 14.9 Å². The van der Waals surface area contributed by atoms with Crippen LogP contribution in [0, 0.1) is 5.92 Å². The molecule has 1 aliphatic carbocycles. The number of fused-ring (bicyclic) bond motifs is 4. The summed E-state index contributed by atoms with van der Waals surface area (Å²) in [6, 6.07) is 12.0. The Hall–Kier alpha value is -5.39. The van der Waals surface area contributed by atoms with Gasteiger partial charge < -0.3 is 30.2 Å². The molecule has 1 aromatic heterocycles. The Kier molecular flexibility index (Phi) is 12.5. The molecule has 276 valence electrons. The van der Waals surface area contributed by atoms with E-state index in [1.165, 1.54) is 6.92 Å². The van der Waals surface area contributed by atoms with Gasteiger partial charge in [0.15, 0.2) is 11.5 Å². The van der Waals surface area contributed by atoms with Crippen LogP contribution in [-0.2, 0) is 22.6 Å². The highest BCUT2D eigenvalue weighted by atomic mass is 16.5. The fraction of sp³-hybridized carbons (Fsp3) is 0.425. The minimum Gasteiger partial charge on any atom is -0.493 e. The summed E-state index contributed by atoms with van der Waals surface area (Å²) in [4.78, 5) is 55.9. The molecule has 1 atom stereocenters. The first-order chi connectivity index (χ1) is 25.0. The molecular weight excluding hydrogens is 662 g/mol. The van der Waals surface area contributed by atoms with Gasteiger partial charge in [-0.3, -0.25) is 23.7 Å². The highest BCUT2D eigenvalue weighted by Crippen LogP contribution is 2.50. The van der Waals surface area contributed by atoms with Crippen LogP contribution in [0.2, 0.25) is 0 Å². The van der Waals surface area contributed by atoms with E-state index in [-0.39, 0.29) is 28.8 Å². The lowest BCUT2D eigenvalue weighted by Crippen LogP contribution is -2.26. The molecule has 0 aliphatic heterocycles. The van der Waals surface area contributed by atoms with Crippen molar-refractivity contribution in [3.8, 4) is 28.4 Å². The number of ether oxygens (including phenoxy) is 3. The Morgan fingerprint density at radius 1 is 0.962 bits per heavy atom. The number of unbranched alkanes of at least 4 members (excludes halogenated alkanes) is 2. The first-order valence-corrected chi connectivity index (χ1v) is 17.8. The summed E-state index contributed by atoms with van der Waals surface area (Å²) in [6.45, 7) is 6.82. The van der Waals surface area contributed by atoms with Crippen molar-refractivity contribution in [3.05, 3.63) is 80.5 Å². The second-order valence-electron chi connectivity index (χ2n) is 13.5. The number of carbonyl (C=O) groups excluding carboxylic acids is 2. The molecule has 0 saturated carbocycles. The molecule has 3 aromatic carbocycles. The zero-order valence-corrected chi connectivity index (χ0v) is 30.9. The fourth-order valence-electron chi connectivity index (χ4n) is 6.68. The van der Waals surface area contributed by atoms with Crippen LogP contribution < -0.4 is 41.1 Å². The van der Waals surface area contributed by atoms with E-state index in [1.54, 1.807) is 62.6 Å². The van der Waals surface area contributed by atoms with Crippen molar-refractivity contribution in [2.45, 2.75) is 78.3 Å². The number of nitrogens with zero attached hydrogens (tertiary/aromatic N) is 2. The average Bonchev–Trinajstić information content (AvgIpc) is 3.36. The van der Waals surface area contributed by atoms with E-state index in [1.807, 2.05) is 12.1 Å². The van der Waals surface area contributed by atoms with E-state index >= 15 is 0 Å². The second kappa shape index (κ2) is 17.2. The highest BCUT2D eigenvalue weighted by molar-refractivity contribution is 5.93. The van der Waals surface area contributed by atoms with Gasteiger partial charge in [-0.05, 0) is 91.1 Å². The Balaban J connectivity index is 1.23. The number of aryl methyl sites for hydroxylation is 2. The van der Waals surface area contributed by atoms with Crippen molar-refractivity contribution in [3.63, 3.8) is 0 Å². The predicted octanol–water partition coefficient (Wildman–Crippen LogP) is 6.23. The Morgan fingerprint density at radius 3 is 2.46 bits per heavy atom. The number of aromatic nitrogens is 2. The molecule has 0 radical (unpaired) electrons. The van der Waals surface area contributed by atoms with Gasteiger partial charge in [0.2, 0.25) is 23.0 Å². The van der Waals surface area contributed by atoms with E-state index in [2.05, 4.69) is 34.8 Å². The predicted molar refractivity (Wildman–Crippen MR) is 204 cm³/mol. The minimum absolute atomic E-state index is 0.115. The van der Waals surface area contributed by atoms with Crippen LogP contribution in [0.15, 0.2) is 58.4 Å². The van der Waals surface area contributed by atoms with Crippen molar-refractivity contribution >= 4 is 34.1 Å². The molecule has 0 bridgehead atoms. The molecule has 0 saturated heterocycles. The maximum Gasteiger partial charge on any atom is 0.261 e. The molecule has 5 rings (SSSR count). The van der Waals surface area contributed by atoms with Crippen LogP contribution in [0.25, 0.3) is 22.0 Å². The van der Waals surface area contributed by atoms with E-state index in [0.717, 1.165) is 36.0 Å². The van der Waals surface area contributed by atoms with Gasteiger partial charge in [0.1, 0.15) is 0 Å². The van der Waals surface area contributed by atoms with Gasteiger partial charge in [-0.1, -0.05) is 26.3 Å². The van der Waals surface area contributed by atoms with Crippen molar-refractivity contribution < 1.29 is 23.8 Å². The van der Waals surface area contributed by atoms with E-state index in [9.17, 15) is 19.2 Å². The highest BCUT2D eigenvalue weighted by Gasteiger charge is 2.29. The Labute approximate surface area is 303 Å². The SMILES string of the molecule is COc1cc2c(c(OC)c1OC)-c1ccc(NCCCCCC(=O)Nc3ccc4ncn(CCC(C)C)c(=O)c4c3)c(=O)cc1[C@@H](NC(C)=O)CC2. The lowest BCUT2D eigenvalue weighted by molar-refractivity contribution is -0.119. The summed E-state index contributed by atoms with van der Waals surface area (Å²) in [6.07, 6.45) is 6.14. The molecule has 1 aliphatic rings. The summed E-state index contributed by atoms with van der Waals surface area (Å²) in [5.41, 5.74) is 4.49. The maximum atomic E-state index is 13.6. The molecule has 2 amide bonds. The van der Waals surface area contributed by atoms with Crippen LogP contribution in [0.1, 0.15) is 76.5 Å². The van der Waals surface area contributed by atoms with Gasteiger partial charge in [-0.15, -0.1) is 0 Å². The number of carbonyl (C=O) groups is 2. The monoisotopic (exact) mass is 711 g/mol. The molecule has 52 heavy (non-hydrogen) atoms. The van der Waals surface area contributed by atoms with Crippen molar-refractivity contribution in [2.75, 3.05) is 38.5 Å². The summed E-state index contributed by atoms with van der Waals surface area (Å²) in [5, 5.41) is 9.69. The van der Waals surface area contributed by atoms with Gasteiger partial charge in [0.25, 0.3) is 5.56 Å². The van der Waals surface area contributed by atoms with Crippen LogP contribution in [-0.4, -0.2) is 49.2 Å². The van der Waals surface area contributed by atoms with Gasteiger partial charge in [-0.25, -0.2) is 4.98 Å². The first kappa shape index (κ1) is 37.9. The normalized spacial score (nSPS) is 13.5. The van der Waals surface area contributed by atoms with Crippen LogP contribution in [0.4, 0.5) is 11.4 Å². The number of anilines is 2. The number of hydrogen-bond acceptors (Lipinski definition) is 9. The maximum absolute atomic E-state index is 13.6. The largest absolute Gasteiger partial charge is 0.493 e. The number of hydrogen-bond donors (Lipinski definition) is 3. The van der Waals surface area contributed by atoms with E-state index in [0.29, 0.717) is 89.8 Å². The Morgan fingerprint density at radius 2 is 1.75 bits per heavy atom. The van der Waals surface area contributed by atoms with Gasteiger partial charge >= 0.3 is 0 Å². The molecule has 0 fully saturated rings. The van der Waals surface area contributed by atoms with Gasteiger partial charge in [0.05, 0.1) is 50.3 Å². The van der Waals surface area contributed by atoms with Crippen LogP contribution in [0.3, 0.4) is 0 Å². The van der Waals surface area contributed by atoms with Crippen molar-refractivity contribution in [2.24, 2.45) is 5.92 Å². The van der Waals surface area contributed by atoms with Crippen LogP contribution in [0.5, 0.6) is 17.2 Å². The van der Waals surface area contributed by atoms with Crippen molar-refractivity contribution in [1.29, 1.82) is 0 Å². The minimum atomic E-state index is -0.389. The molecule has 0 unspecified atom stereocenters. The number of nitrogens with one attached hydrogen (secondary N) is 3. The Bertz CT molecular complexity index is 2060. The molecule has 0 spiro atoms. The molecule has 4 aromatic rings. The summed E-state index contributed by atoms with van der Waals surface area (Å²) in [7, 11) is 4.69. The van der Waals surface area contributed by atoms with E-state index in [4.69, 9.17) is 14.2 Å². The first-order valence-electron chi connectivity index (χ1n) is 17.8. The lowest BCUT2D eigenvalue weighted by atomic mass is 9.95. The quantitative estimate of drug-likeness (QED) is 0.122. The zero-order valence-electron chi connectivity index (χ0n) is 30.9. The number of rotatable bonds is 15. The van der Waals surface area contributed by atoms with Gasteiger partial charge in [0, 0.05) is 37.7 Å². The average molecular weight is 712 g/mol. The molecule has 12 nitrogen and oxygen atoms in total. The smallest absolute Gasteiger partial charge is 0.261 e. The third-order valence-corrected chi connectivity index (χ3v) is 9.37. The number of benzene rings is 2. The third kappa shape index (κ3) is 8.72. The molecule has 12 heteroatoms. The fourth-order valence-corrected chi connectivity index (χ4v) is 6.68. The molecule has 3 N–H and O–H groups in total. The zero-order chi connectivity index (χ0) is 37.4. The lowest BCUT2D eigenvalue weighted by Gasteiger charge is -2.19. The second-order valence-corrected chi connectivity index (χ2v) is 13.5. The summed E-state index contributed by atoms with van der Waals surface area (Å²) >= 11 is 0. The molecule has 1 heterocycles. The van der Waals surface area contributed by atoms with E-state index < -0.39 is 0 Å². The number of amides is 2. The summed E-state index contributed by atoms with van der Waals surface area (Å²) < 4.78 is 18.8. The number of methoxy groups -OCH3 is 3.